The van der Waals surface area contributed by atoms with E-state index in [1.165, 1.54) is 27.4 Å². The predicted octanol–water partition coefficient (Wildman–Crippen LogP) is 4.04. The van der Waals surface area contributed by atoms with Gasteiger partial charge < -0.3 is 34.0 Å². The minimum atomic E-state index is -0.875. The highest BCUT2D eigenvalue weighted by molar-refractivity contribution is 5.83. The van der Waals surface area contributed by atoms with Crippen LogP contribution in [0.4, 0.5) is 0 Å². The normalized spacial score (nSPS) is 11.8. The predicted molar refractivity (Wildman–Crippen MR) is 139 cm³/mol. The summed E-state index contributed by atoms with van der Waals surface area (Å²) in [7, 11) is 4.42. The molecular weight excluding hydrogens is 476 g/mol. The van der Waals surface area contributed by atoms with Crippen LogP contribution >= 0.6 is 0 Å². The minimum Gasteiger partial charge on any atom is -0.507 e. The van der Waals surface area contributed by atoms with Gasteiger partial charge in [0.1, 0.15) is 11.5 Å². The Hall–Kier alpha value is -4.40. The number of aromatic nitrogens is 1. The van der Waals surface area contributed by atoms with Crippen LogP contribution in [0.3, 0.4) is 0 Å². The number of amides is 1. The molecule has 0 fully saturated rings. The number of hydrogen-bond donors (Lipinski definition) is 3. The van der Waals surface area contributed by atoms with Gasteiger partial charge in [-0.25, -0.2) is 4.79 Å². The van der Waals surface area contributed by atoms with Crippen molar-refractivity contribution in [2.45, 2.75) is 25.7 Å². The number of methoxy groups -OCH3 is 3. The molecule has 9 nitrogen and oxygen atoms in total. The van der Waals surface area contributed by atoms with Crippen molar-refractivity contribution in [2.24, 2.45) is 0 Å². The summed E-state index contributed by atoms with van der Waals surface area (Å²) in [6.45, 7) is 1.96. The number of fused-ring (bicyclic) bond motifs is 1. The van der Waals surface area contributed by atoms with Gasteiger partial charge in [0.2, 0.25) is 11.7 Å². The van der Waals surface area contributed by atoms with Gasteiger partial charge >= 0.3 is 5.63 Å². The molecule has 0 saturated carbocycles. The van der Waals surface area contributed by atoms with E-state index >= 15 is 0 Å². The first-order valence-electron chi connectivity index (χ1n) is 11.8. The molecule has 4 aromatic rings. The summed E-state index contributed by atoms with van der Waals surface area (Å²) in [6, 6.07) is 12.7. The molecule has 0 aliphatic rings. The molecule has 0 aliphatic carbocycles. The fourth-order valence-corrected chi connectivity index (χ4v) is 4.63. The second-order valence-corrected chi connectivity index (χ2v) is 8.58. The molecule has 2 heterocycles. The summed E-state index contributed by atoms with van der Waals surface area (Å²) in [5.74, 6) is -0.165. The average molecular weight is 507 g/mol. The van der Waals surface area contributed by atoms with Crippen LogP contribution in [-0.4, -0.2) is 43.9 Å². The molecule has 0 saturated heterocycles. The molecule has 0 aliphatic heterocycles. The highest BCUT2D eigenvalue weighted by Crippen LogP contribution is 2.45. The van der Waals surface area contributed by atoms with Crippen molar-refractivity contribution >= 4 is 16.8 Å². The Balaban J connectivity index is 1.64. The van der Waals surface area contributed by atoms with E-state index in [4.69, 9.17) is 18.6 Å². The van der Waals surface area contributed by atoms with E-state index in [1.54, 1.807) is 19.1 Å². The van der Waals surface area contributed by atoms with Crippen LogP contribution in [0.5, 0.6) is 23.0 Å². The molecule has 0 spiro atoms. The lowest BCUT2D eigenvalue weighted by atomic mass is 9.87. The van der Waals surface area contributed by atoms with Gasteiger partial charge in [-0.15, -0.1) is 0 Å². The van der Waals surface area contributed by atoms with Crippen molar-refractivity contribution in [1.29, 1.82) is 0 Å². The maximum atomic E-state index is 13.1. The summed E-state index contributed by atoms with van der Waals surface area (Å²) in [6.07, 6.45) is 2.42. The lowest BCUT2D eigenvalue weighted by Crippen LogP contribution is -2.29. The summed E-state index contributed by atoms with van der Waals surface area (Å²) in [5, 5.41) is 14.8. The maximum Gasteiger partial charge on any atom is 0.343 e. The van der Waals surface area contributed by atoms with Crippen molar-refractivity contribution in [3.63, 3.8) is 0 Å². The first-order valence-corrected chi connectivity index (χ1v) is 11.8. The van der Waals surface area contributed by atoms with Crippen molar-refractivity contribution < 1.29 is 28.5 Å². The third-order valence-electron chi connectivity index (χ3n) is 6.33. The number of carbonyl (C=O) groups is 1. The van der Waals surface area contributed by atoms with Crippen LogP contribution in [0, 0.1) is 6.92 Å². The van der Waals surface area contributed by atoms with Gasteiger partial charge in [-0.1, -0.05) is 24.3 Å². The standard InChI is InChI=1S/C28H30N2O7/c1-16-13-22(31)25(28(33)37-16)20(19-9-10-23(34-2)27(36-4)26(19)35-3)14-24(32)29-12-11-17-15-30-21-8-6-5-7-18(17)21/h5-10,13,15,20,30-31H,11-12,14H2,1-4H3,(H,29,32)/t20-/m0/s1. The molecule has 2 aromatic heterocycles. The zero-order valence-electron chi connectivity index (χ0n) is 21.2. The number of aromatic hydroxyl groups is 1. The van der Waals surface area contributed by atoms with Crippen LogP contribution in [0.25, 0.3) is 10.9 Å². The van der Waals surface area contributed by atoms with Crippen LogP contribution in [-0.2, 0) is 11.2 Å². The first kappa shape index (κ1) is 25.7. The number of para-hydroxylation sites is 1. The second-order valence-electron chi connectivity index (χ2n) is 8.58. The third-order valence-corrected chi connectivity index (χ3v) is 6.33. The highest BCUT2D eigenvalue weighted by atomic mass is 16.5. The number of nitrogens with one attached hydrogen (secondary N) is 2. The smallest absolute Gasteiger partial charge is 0.343 e. The Bertz CT molecular complexity index is 1470. The van der Waals surface area contributed by atoms with Crippen LogP contribution < -0.4 is 25.2 Å². The minimum absolute atomic E-state index is 0.0390. The lowest BCUT2D eigenvalue weighted by Gasteiger charge is -2.22. The zero-order valence-corrected chi connectivity index (χ0v) is 21.2. The van der Waals surface area contributed by atoms with E-state index in [0.717, 1.165) is 16.5 Å². The number of hydrogen-bond acceptors (Lipinski definition) is 7. The topological polar surface area (TPSA) is 123 Å². The summed E-state index contributed by atoms with van der Waals surface area (Å²) in [4.78, 5) is 29.2. The largest absolute Gasteiger partial charge is 0.507 e. The van der Waals surface area contributed by atoms with E-state index in [0.29, 0.717) is 30.0 Å². The summed E-state index contributed by atoms with van der Waals surface area (Å²) >= 11 is 0. The van der Waals surface area contributed by atoms with E-state index in [2.05, 4.69) is 10.3 Å². The zero-order chi connectivity index (χ0) is 26.5. The number of benzene rings is 2. The molecule has 1 amide bonds. The van der Waals surface area contributed by atoms with Crippen LogP contribution in [0.15, 0.2) is 57.9 Å². The van der Waals surface area contributed by atoms with Crippen molar-refractivity contribution in [3.05, 3.63) is 81.5 Å². The van der Waals surface area contributed by atoms with Gasteiger partial charge in [-0.05, 0) is 31.0 Å². The van der Waals surface area contributed by atoms with Crippen molar-refractivity contribution in [3.8, 4) is 23.0 Å². The molecule has 4 rings (SSSR count). The summed E-state index contributed by atoms with van der Waals surface area (Å²) in [5.41, 5.74) is 1.82. The average Bonchev–Trinajstić information content (AvgIpc) is 3.29. The number of carbonyl (C=O) groups excluding carboxylic acids is 1. The van der Waals surface area contributed by atoms with E-state index in [9.17, 15) is 14.7 Å². The molecular formula is C28H30N2O7. The highest BCUT2D eigenvalue weighted by Gasteiger charge is 2.30. The van der Waals surface area contributed by atoms with E-state index in [-0.39, 0.29) is 35.2 Å². The molecule has 0 unspecified atom stereocenters. The molecule has 9 heteroatoms. The summed E-state index contributed by atoms with van der Waals surface area (Å²) < 4.78 is 21.7. The second kappa shape index (κ2) is 11.1. The Labute approximate surface area is 214 Å². The van der Waals surface area contributed by atoms with Crippen molar-refractivity contribution in [1.82, 2.24) is 10.3 Å². The Morgan fingerprint density at radius 3 is 2.54 bits per heavy atom. The van der Waals surface area contributed by atoms with E-state index < -0.39 is 11.5 Å². The van der Waals surface area contributed by atoms with Crippen LogP contribution in [0.1, 0.15) is 34.8 Å². The van der Waals surface area contributed by atoms with Gasteiger partial charge in [0.25, 0.3) is 0 Å². The SMILES string of the molecule is COc1ccc([C@H](CC(=O)NCCc2c[nH]c3ccccc23)c2c(O)cc(C)oc2=O)c(OC)c1OC. The Morgan fingerprint density at radius 2 is 1.84 bits per heavy atom. The Morgan fingerprint density at radius 1 is 1.08 bits per heavy atom. The Kier molecular flexibility index (Phi) is 7.71. The number of H-pyrrole nitrogens is 1. The molecule has 0 bridgehead atoms. The number of ether oxygens (including phenoxy) is 3. The van der Waals surface area contributed by atoms with Gasteiger partial charge in [0, 0.05) is 47.6 Å². The maximum absolute atomic E-state index is 13.1. The molecule has 2 aromatic carbocycles. The number of rotatable bonds is 10. The quantitative estimate of drug-likeness (QED) is 0.297. The third kappa shape index (κ3) is 5.25. The number of aryl methyl sites for hydroxylation is 1. The monoisotopic (exact) mass is 506 g/mol. The fourth-order valence-electron chi connectivity index (χ4n) is 4.63. The lowest BCUT2D eigenvalue weighted by molar-refractivity contribution is -0.121. The fraction of sp³-hybridized carbons (Fsp3) is 0.286. The first-order chi connectivity index (χ1) is 17.9. The number of aromatic amines is 1. The van der Waals surface area contributed by atoms with Gasteiger partial charge in [-0.3, -0.25) is 4.79 Å². The molecule has 194 valence electrons. The van der Waals surface area contributed by atoms with Gasteiger partial charge in [0.05, 0.1) is 26.9 Å². The van der Waals surface area contributed by atoms with E-state index in [1.807, 2.05) is 30.5 Å². The molecule has 0 radical (unpaired) electrons. The van der Waals surface area contributed by atoms with Gasteiger partial charge in [0.15, 0.2) is 11.5 Å². The molecule has 3 N–H and O–H groups in total. The van der Waals surface area contributed by atoms with Gasteiger partial charge in [-0.2, -0.15) is 0 Å². The molecule has 37 heavy (non-hydrogen) atoms. The molecule has 1 atom stereocenters. The van der Waals surface area contributed by atoms with Crippen molar-refractivity contribution in [2.75, 3.05) is 27.9 Å². The van der Waals surface area contributed by atoms with Crippen LogP contribution in [0.2, 0.25) is 0 Å².